The van der Waals surface area contributed by atoms with Crippen LogP contribution in [-0.2, 0) is 6.42 Å². The van der Waals surface area contributed by atoms with Crippen molar-refractivity contribution in [3.63, 3.8) is 0 Å². The van der Waals surface area contributed by atoms with Crippen molar-refractivity contribution >= 4 is 90.6 Å². The Morgan fingerprint density at radius 3 is 1.52 bits per heavy atom. The molecular formula is C48H30N2O2S2. The smallest absolute Gasteiger partial charge is 0.135 e. The minimum Gasteiger partial charge on any atom is -0.460 e. The zero-order valence-electron chi connectivity index (χ0n) is 29.0. The quantitative estimate of drug-likeness (QED) is 0.180. The molecule has 0 amide bonds. The maximum atomic E-state index is 6.62. The highest BCUT2D eigenvalue weighted by Crippen LogP contribution is 2.54. The molecule has 9 aromatic rings. The molecule has 3 aliphatic rings. The molecule has 4 heterocycles. The molecule has 256 valence electrons. The van der Waals surface area contributed by atoms with Crippen molar-refractivity contribution in [1.82, 2.24) is 0 Å². The number of fused-ring (bicyclic) bond motifs is 10. The van der Waals surface area contributed by atoms with E-state index in [-0.39, 0.29) is 0 Å². The van der Waals surface area contributed by atoms with Crippen LogP contribution >= 0.6 is 23.5 Å². The first-order chi connectivity index (χ1) is 26.7. The number of allylic oxidation sites excluding steroid dienone is 1. The Labute approximate surface area is 320 Å². The van der Waals surface area contributed by atoms with Gasteiger partial charge in [-0.2, -0.15) is 0 Å². The normalized spacial score (nSPS) is 14.4. The summed E-state index contributed by atoms with van der Waals surface area (Å²) in [4.78, 5) is 9.83. The summed E-state index contributed by atoms with van der Waals surface area (Å²) >= 11 is 3.66. The predicted molar refractivity (Wildman–Crippen MR) is 223 cm³/mol. The van der Waals surface area contributed by atoms with E-state index in [1.165, 1.54) is 53.6 Å². The van der Waals surface area contributed by atoms with Crippen molar-refractivity contribution in [3.8, 4) is 11.1 Å². The average molecular weight is 731 g/mol. The molecule has 6 heteroatoms. The highest BCUT2D eigenvalue weighted by Gasteiger charge is 2.32. The minimum atomic E-state index is 0.883. The summed E-state index contributed by atoms with van der Waals surface area (Å²) in [5, 5.41) is 3.34. The Balaban J connectivity index is 0.987. The molecule has 54 heavy (non-hydrogen) atoms. The van der Waals surface area contributed by atoms with Crippen LogP contribution in [0.2, 0.25) is 0 Å². The zero-order chi connectivity index (χ0) is 35.3. The molecule has 0 radical (unpaired) electrons. The largest absolute Gasteiger partial charge is 0.460 e. The zero-order valence-corrected chi connectivity index (χ0v) is 30.6. The molecular weight excluding hydrogens is 701 g/mol. The van der Waals surface area contributed by atoms with Crippen molar-refractivity contribution in [2.24, 2.45) is 0 Å². The number of hydrogen-bond acceptors (Lipinski definition) is 6. The summed E-state index contributed by atoms with van der Waals surface area (Å²) < 4.78 is 13.1. The lowest BCUT2D eigenvalue weighted by Gasteiger charge is -2.35. The van der Waals surface area contributed by atoms with Gasteiger partial charge >= 0.3 is 0 Å². The average Bonchev–Trinajstić information content (AvgIpc) is 3.79. The molecule has 0 N–H and O–H groups in total. The standard InChI is InChI=1S/C48H30N2O2S2/c1-5-16-44-35(10-1)49(36-11-2-6-17-45(36)53-44)31-22-25-41-33(28-31)32-26-29(20-23-40(32)51-41)30-21-24-42-34(27-30)48-39(14-9-15-43(48)52-42)50-37-12-3-7-18-46(37)54-47-19-8-4-13-38(47)50/h1-8,10-14,16-28H,9,15H2. The van der Waals surface area contributed by atoms with Gasteiger partial charge in [-0.15, -0.1) is 0 Å². The fourth-order valence-electron chi connectivity index (χ4n) is 8.46. The van der Waals surface area contributed by atoms with Gasteiger partial charge in [0.2, 0.25) is 0 Å². The van der Waals surface area contributed by atoms with Gasteiger partial charge in [0.25, 0.3) is 0 Å². The fraction of sp³-hybridized carbons (Fsp3) is 0.0417. The predicted octanol–water partition coefficient (Wildman–Crippen LogP) is 14.5. The van der Waals surface area contributed by atoms with Crippen LogP contribution in [0.5, 0.6) is 0 Å². The van der Waals surface area contributed by atoms with Crippen molar-refractivity contribution in [2.75, 3.05) is 9.80 Å². The second-order valence-corrected chi connectivity index (χ2v) is 16.1. The van der Waals surface area contributed by atoms with Crippen LogP contribution in [-0.4, -0.2) is 0 Å². The van der Waals surface area contributed by atoms with E-state index in [9.17, 15) is 0 Å². The van der Waals surface area contributed by atoms with E-state index in [0.29, 0.717) is 0 Å². The van der Waals surface area contributed by atoms with Gasteiger partial charge in [0.1, 0.15) is 22.5 Å². The topological polar surface area (TPSA) is 32.8 Å². The molecule has 0 unspecified atom stereocenters. The van der Waals surface area contributed by atoms with Crippen molar-refractivity contribution in [3.05, 3.63) is 169 Å². The Bertz CT molecular complexity index is 2950. The number of aryl methyl sites for hydroxylation is 1. The number of benzene rings is 7. The van der Waals surface area contributed by atoms with Gasteiger partial charge < -0.3 is 18.6 Å². The molecule has 1 aliphatic carbocycles. The summed E-state index contributed by atoms with van der Waals surface area (Å²) in [5.74, 6) is 1.05. The molecule has 0 fully saturated rings. The number of nitrogens with zero attached hydrogens (tertiary/aromatic N) is 2. The van der Waals surface area contributed by atoms with Crippen LogP contribution in [0.15, 0.2) is 186 Å². The molecule has 0 saturated heterocycles. The van der Waals surface area contributed by atoms with Gasteiger partial charge in [-0.05, 0) is 109 Å². The summed E-state index contributed by atoms with van der Waals surface area (Å²) in [7, 11) is 0. The summed E-state index contributed by atoms with van der Waals surface area (Å²) in [6, 6.07) is 54.6. The third-order valence-corrected chi connectivity index (χ3v) is 13.1. The molecule has 2 aliphatic heterocycles. The van der Waals surface area contributed by atoms with Crippen LogP contribution < -0.4 is 9.80 Å². The summed E-state index contributed by atoms with van der Waals surface area (Å²) in [6.07, 6.45) is 4.21. The third kappa shape index (κ3) is 4.54. The Morgan fingerprint density at radius 2 is 0.926 bits per heavy atom. The van der Waals surface area contributed by atoms with Crippen molar-refractivity contribution in [2.45, 2.75) is 32.4 Å². The lowest BCUT2D eigenvalue weighted by Crippen LogP contribution is -2.21. The van der Waals surface area contributed by atoms with Gasteiger partial charge in [0, 0.05) is 53.4 Å². The van der Waals surface area contributed by atoms with Crippen LogP contribution in [0.4, 0.5) is 28.4 Å². The van der Waals surface area contributed by atoms with E-state index in [1.54, 1.807) is 0 Å². The molecule has 4 nitrogen and oxygen atoms in total. The van der Waals surface area contributed by atoms with Gasteiger partial charge in [-0.25, -0.2) is 0 Å². The monoisotopic (exact) mass is 730 g/mol. The molecule has 0 atom stereocenters. The van der Waals surface area contributed by atoms with Gasteiger partial charge in [-0.3, -0.25) is 0 Å². The van der Waals surface area contributed by atoms with Gasteiger partial charge in [-0.1, -0.05) is 90.3 Å². The van der Waals surface area contributed by atoms with E-state index in [2.05, 4.69) is 168 Å². The number of furan rings is 2. The fourth-order valence-corrected chi connectivity index (χ4v) is 10.6. The maximum Gasteiger partial charge on any atom is 0.135 e. The molecule has 0 saturated carbocycles. The maximum absolute atomic E-state index is 6.62. The number of rotatable bonds is 3. The molecule has 2 aromatic heterocycles. The number of hydrogen-bond donors (Lipinski definition) is 0. The van der Waals surface area contributed by atoms with Crippen LogP contribution in [0.3, 0.4) is 0 Å². The SMILES string of the molecule is C1=C(N2c3ccccc3Sc3ccccc32)c2c(oc3ccc(-c4ccc5oc6ccc(N7c8ccccc8Sc8ccccc87)cc6c5c4)cc23)CC1. The van der Waals surface area contributed by atoms with Gasteiger partial charge in [0.15, 0.2) is 0 Å². The second kappa shape index (κ2) is 11.7. The lowest BCUT2D eigenvalue weighted by atomic mass is 9.94. The van der Waals surface area contributed by atoms with Crippen LogP contribution in [0, 0.1) is 0 Å². The number of para-hydroxylation sites is 4. The number of anilines is 5. The summed E-state index contributed by atoms with van der Waals surface area (Å²) in [5.41, 5.74) is 13.3. The Hall–Kier alpha value is -6.08. The van der Waals surface area contributed by atoms with Crippen molar-refractivity contribution < 1.29 is 8.83 Å². The molecule has 7 aromatic carbocycles. The Kier molecular flexibility index (Phi) is 6.59. The molecule has 0 spiro atoms. The Morgan fingerprint density at radius 1 is 0.444 bits per heavy atom. The first-order valence-corrected chi connectivity index (χ1v) is 19.9. The minimum absolute atomic E-state index is 0.883. The van der Waals surface area contributed by atoms with E-state index in [4.69, 9.17) is 8.83 Å². The molecule has 12 rings (SSSR count). The van der Waals surface area contributed by atoms with Crippen molar-refractivity contribution in [1.29, 1.82) is 0 Å². The van der Waals surface area contributed by atoms with Crippen LogP contribution in [0.1, 0.15) is 17.7 Å². The highest BCUT2D eigenvalue weighted by molar-refractivity contribution is 8.00. The first-order valence-electron chi connectivity index (χ1n) is 18.3. The van der Waals surface area contributed by atoms with Gasteiger partial charge in [0.05, 0.1) is 28.4 Å². The first kappa shape index (κ1) is 30.4. The third-order valence-electron chi connectivity index (χ3n) is 10.9. The lowest BCUT2D eigenvalue weighted by molar-refractivity contribution is 0.545. The summed E-state index contributed by atoms with van der Waals surface area (Å²) in [6.45, 7) is 0. The van der Waals surface area contributed by atoms with E-state index >= 15 is 0 Å². The van der Waals surface area contributed by atoms with E-state index < -0.39 is 0 Å². The van der Waals surface area contributed by atoms with E-state index in [0.717, 1.165) is 68.3 Å². The second-order valence-electron chi connectivity index (χ2n) is 14.0. The van der Waals surface area contributed by atoms with E-state index in [1.807, 2.05) is 23.5 Å². The van der Waals surface area contributed by atoms with Crippen LogP contribution in [0.25, 0.3) is 49.7 Å². The highest BCUT2D eigenvalue weighted by atomic mass is 32.2. The molecule has 0 bridgehead atoms.